The lowest BCUT2D eigenvalue weighted by atomic mass is 9.96. The van der Waals surface area contributed by atoms with Crippen molar-refractivity contribution in [2.75, 3.05) is 26.7 Å². The standard InChI is InChI=1S/C13H27N3O3S/c1-4-14-13(17)11-16(5-2)20(18,19)15(3)12-9-7-6-8-10-12/h12H,4-11H2,1-3H3,(H,14,17). The topological polar surface area (TPSA) is 69.7 Å². The Labute approximate surface area is 122 Å². The minimum atomic E-state index is -3.56. The van der Waals surface area contributed by atoms with Gasteiger partial charge in [0, 0.05) is 26.2 Å². The van der Waals surface area contributed by atoms with Crippen molar-refractivity contribution in [2.24, 2.45) is 0 Å². The second-order valence-corrected chi connectivity index (χ2v) is 7.18. The molecule has 0 spiro atoms. The third-order valence-electron chi connectivity index (χ3n) is 3.83. The highest BCUT2D eigenvalue weighted by Crippen LogP contribution is 2.24. The molecule has 6 nitrogen and oxygen atoms in total. The highest BCUT2D eigenvalue weighted by atomic mass is 32.2. The first-order valence-corrected chi connectivity index (χ1v) is 8.83. The van der Waals surface area contributed by atoms with Crippen molar-refractivity contribution in [3.8, 4) is 0 Å². The van der Waals surface area contributed by atoms with E-state index >= 15 is 0 Å². The number of amides is 1. The first-order valence-electron chi connectivity index (χ1n) is 7.43. The van der Waals surface area contributed by atoms with Crippen LogP contribution in [0.15, 0.2) is 0 Å². The lowest BCUT2D eigenvalue weighted by molar-refractivity contribution is -0.121. The molecule has 1 saturated carbocycles. The summed E-state index contributed by atoms with van der Waals surface area (Å²) in [4.78, 5) is 11.6. The van der Waals surface area contributed by atoms with Crippen LogP contribution in [-0.4, -0.2) is 55.7 Å². The molecule has 0 aromatic rings. The molecule has 0 unspecified atom stereocenters. The van der Waals surface area contributed by atoms with Crippen LogP contribution < -0.4 is 5.32 Å². The van der Waals surface area contributed by atoms with E-state index < -0.39 is 10.2 Å². The molecule has 0 saturated heterocycles. The van der Waals surface area contributed by atoms with Gasteiger partial charge < -0.3 is 5.32 Å². The van der Waals surface area contributed by atoms with Crippen LogP contribution in [-0.2, 0) is 15.0 Å². The molecule has 118 valence electrons. The summed E-state index contributed by atoms with van der Waals surface area (Å²) in [7, 11) is -1.93. The minimum Gasteiger partial charge on any atom is -0.355 e. The third-order valence-corrected chi connectivity index (χ3v) is 5.89. The van der Waals surface area contributed by atoms with E-state index in [9.17, 15) is 13.2 Å². The van der Waals surface area contributed by atoms with Crippen LogP contribution in [0.1, 0.15) is 46.0 Å². The zero-order valence-electron chi connectivity index (χ0n) is 12.8. The number of likely N-dealkylation sites (N-methyl/N-ethyl adjacent to an activating group) is 2. The molecule has 1 rings (SSSR count). The van der Waals surface area contributed by atoms with Gasteiger partial charge >= 0.3 is 0 Å². The largest absolute Gasteiger partial charge is 0.355 e. The van der Waals surface area contributed by atoms with E-state index in [1.807, 2.05) is 6.92 Å². The summed E-state index contributed by atoms with van der Waals surface area (Å²) < 4.78 is 27.8. The summed E-state index contributed by atoms with van der Waals surface area (Å²) >= 11 is 0. The maximum atomic E-state index is 12.6. The molecule has 0 aliphatic heterocycles. The molecule has 0 aromatic heterocycles. The summed E-state index contributed by atoms with van der Waals surface area (Å²) in [6.07, 6.45) is 5.16. The third kappa shape index (κ3) is 4.43. The second kappa shape index (κ2) is 7.95. The number of nitrogens with zero attached hydrogens (tertiary/aromatic N) is 2. The van der Waals surface area contributed by atoms with Gasteiger partial charge in [-0.2, -0.15) is 17.0 Å². The van der Waals surface area contributed by atoms with Crippen molar-refractivity contribution in [2.45, 2.75) is 52.0 Å². The van der Waals surface area contributed by atoms with Gasteiger partial charge in [-0.15, -0.1) is 0 Å². The molecule has 0 bridgehead atoms. The Balaban J connectivity index is 2.74. The minimum absolute atomic E-state index is 0.0667. The van der Waals surface area contributed by atoms with Gasteiger partial charge in [-0.1, -0.05) is 26.2 Å². The van der Waals surface area contributed by atoms with Crippen LogP contribution in [0.3, 0.4) is 0 Å². The van der Waals surface area contributed by atoms with Crippen molar-refractivity contribution < 1.29 is 13.2 Å². The lowest BCUT2D eigenvalue weighted by Gasteiger charge is -2.33. The monoisotopic (exact) mass is 305 g/mol. The summed E-state index contributed by atoms with van der Waals surface area (Å²) in [5, 5.41) is 2.64. The van der Waals surface area contributed by atoms with Gasteiger partial charge in [0.05, 0.1) is 6.54 Å². The predicted octanol–water partition coefficient (Wildman–Crippen LogP) is 0.954. The van der Waals surface area contributed by atoms with Crippen molar-refractivity contribution in [1.29, 1.82) is 0 Å². The summed E-state index contributed by atoms with van der Waals surface area (Å²) in [6.45, 7) is 4.28. The van der Waals surface area contributed by atoms with Crippen molar-refractivity contribution in [1.82, 2.24) is 13.9 Å². The maximum Gasteiger partial charge on any atom is 0.282 e. The van der Waals surface area contributed by atoms with Crippen LogP contribution in [0, 0.1) is 0 Å². The lowest BCUT2D eigenvalue weighted by Crippen LogP contribution is -2.49. The van der Waals surface area contributed by atoms with Gasteiger partial charge in [-0.05, 0) is 19.8 Å². The number of hydrogen-bond donors (Lipinski definition) is 1. The fraction of sp³-hybridized carbons (Fsp3) is 0.923. The molecule has 1 aliphatic carbocycles. The average Bonchev–Trinajstić information content (AvgIpc) is 2.45. The van der Waals surface area contributed by atoms with Gasteiger partial charge in [0.25, 0.3) is 10.2 Å². The fourth-order valence-corrected chi connectivity index (χ4v) is 4.14. The number of carbonyl (C=O) groups excluding carboxylic acids is 1. The maximum absolute atomic E-state index is 12.6. The van der Waals surface area contributed by atoms with E-state index in [1.54, 1.807) is 14.0 Å². The van der Waals surface area contributed by atoms with Crippen LogP contribution in [0.2, 0.25) is 0 Å². The predicted molar refractivity (Wildman–Crippen MR) is 79.5 cm³/mol. The Bertz CT molecular complexity index is 405. The summed E-state index contributed by atoms with van der Waals surface area (Å²) in [5.41, 5.74) is 0. The van der Waals surface area contributed by atoms with Gasteiger partial charge in [-0.25, -0.2) is 0 Å². The van der Waals surface area contributed by atoms with Crippen LogP contribution in [0.5, 0.6) is 0 Å². The van der Waals surface area contributed by atoms with E-state index in [1.165, 1.54) is 15.0 Å². The quantitative estimate of drug-likeness (QED) is 0.761. The SMILES string of the molecule is CCNC(=O)CN(CC)S(=O)(=O)N(C)C1CCCCC1. The Kier molecular flexibility index (Phi) is 6.91. The molecule has 0 radical (unpaired) electrons. The zero-order valence-corrected chi connectivity index (χ0v) is 13.6. The smallest absolute Gasteiger partial charge is 0.282 e. The van der Waals surface area contributed by atoms with Crippen LogP contribution >= 0.6 is 0 Å². The molecular weight excluding hydrogens is 278 g/mol. The van der Waals surface area contributed by atoms with E-state index in [4.69, 9.17) is 0 Å². The first-order chi connectivity index (χ1) is 9.43. The number of nitrogens with one attached hydrogen (secondary N) is 1. The molecule has 1 aliphatic rings. The average molecular weight is 305 g/mol. The summed E-state index contributed by atoms with van der Waals surface area (Å²) in [5.74, 6) is -0.255. The number of hydrogen-bond acceptors (Lipinski definition) is 3. The molecule has 0 atom stereocenters. The molecule has 0 aromatic carbocycles. The zero-order chi connectivity index (χ0) is 15.2. The van der Waals surface area contributed by atoms with Crippen molar-refractivity contribution in [3.05, 3.63) is 0 Å². The van der Waals surface area contributed by atoms with Gasteiger partial charge in [0.15, 0.2) is 0 Å². The van der Waals surface area contributed by atoms with Crippen molar-refractivity contribution in [3.63, 3.8) is 0 Å². The molecular formula is C13H27N3O3S. The molecule has 7 heteroatoms. The molecule has 1 amide bonds. The second-order valence-electron chi connectivity index (χ2n) is 5.20. The Hall–Kier alpha value is -0.660. The van der Waals surface area contributed by atoms with E-state index in [0.717, 1.165) is 25.7 Å². The van der Waals surface area contributed by atoms with Gasteiger partial charge in [-0.3, -0.25) is 4.79 Å². The van der Waals surface area contributed by atoms with E-state index in [-0.39, 0.29) is 18.5 Å². The van der Waals surface area contributed by atoms with Crippen LogP contribution in [0.4, 0.5) is 0 Å². The van der Waals surface area contributed by atoms with Gasteiger partial charge in [0.2, 0.25) is 5.91 Å². The highest BCUT2D eigenvalue weighted by Gasteiger charge is 2.32. The van der Waals surface area contributed by atoms with E-state index in [0.29, 0.717) is 13.1 Å². The van der Waals surface area contributed by atoms with Crippen molar-refractivity contribution >= 4 is 16.1 Å². The molecule has 20 heavy (non-hydrogen) atoms. The molecule has 1 fully saturated rings. The van der Waals surface area contributed by atoms with Crippen LogP contribution in [0.25, 0.3) is 0 Å². The molecule has 1 N–H and O–H groups in total. The normalized spacial score (nSPS) is 17.6. The Morgan fingerprint density at radius 3 is 2.30 bits per heavy atom. The van der Waals surface area contributed by atoms with E-state index in [2.05, 4.69) is 5.32 Å². The first kappa shape index (κ1) is 17.4. The Morgan fingerprint density at radius 1 is 1.20 bits per heavy atom. The summed E-state index contributed by atoms with van der Waals surface area (Å²) in [6, 6.07) is 0.0667. The number of carbonyl (C=O) groups is 1. The van der Waals surface area contributed by atoms with Gasteiger partial charge in [0.1, 0.15) is 0 Å². The Morgan fingerprint density at radius 2 is 1.80 bits per heavy atom. The fourth-order valence-electron chi connectivity index (χ4n) is 2.58. The number of rotatable bonds is 7. The molecule has 0 heterocycles. The highest BCUT2D eigenvalue weighted by molar-refractivity contribution is 7.86.